The second kappa shape index (κ2) is 7.61. The van der Waals surface area contributed by atoms with E-state index in [9.17, 15) is 9.59 Å². The summed E-state index contributed by atoms with van der Waals surface area (Å²) in [6, 6.07) is 7.58. The van der Waals surface area contributed by atoms with Crippen LogP contribution in [-0.2, 0) is 20.9 Å². The summed E-state index contributed by atoms with van der Waals surface area (Å²) in [7, 11) is 0. The minimum atomic E-state index is -0.385. The molecule has 1 amide bonds. The minimum absolute atomic E-state index is 0.167. The second-order valence-electron chi connectivity index (χ2n) is 5.92. The molecule has 5 nitrogen and oxygen atoms in total. The van der Waals surface area contributed by atoms with Gasteiger partial charge < -0.3 is 9.64 Å². The fourth-order valence-corrected chi connectivity index (χ4v) is 3.59. The molecule has 1 aromatic heterocycles. The molecule has 130 valence electrons. The molecule has 2 heterocycles. The standard InChI is InChI=1S/C19H20N2O3S/c1-13-17(25-14(2)20-13)12-24-19(23)10-7-15-5-8-16(9-6-15)21-11-3-4-18(21)22/h5-10H,3-4,11-12H2,1-2H3. The summed E-state index contributed by atoms with van der Waals surface area (Å²) in [5.41, 5.74) is 2.70. The number of thiazole rings is 1. The van der Waals surface area contributed by atoms with Crippen molar-refractivity contribution in [2.45, 2.75) is 33.3 Å². The van der Waals surface area contributed by atoms with Gasteiger partial charge in [0.1, 0.15) is 6.61 Å². The number of nitrogens with zero attached hydrogens (tertiary/aromatic N) is 2. The molecule has 0 unspecified atom stereocenters. The van der Waals surface area contributed by atoms with E-state index in [1.165, 1.54) is 17.4 Å². The van der Waals surface area contributed by atoms with Gasteiger partial charge in [-0.1, -0.05) is 12.1 Å². The number of aromatic nitrogens is 1. The maximum atomic E-state index is 11.8. The number of aryl methyl sites for hydroxylation is 2. The van der Waals surface area contributed by atoms with E-state index in [-0.39, 0.29) is 18.5 Å². The molecule has 1 aliphatic heterocycles. The Kier molecular flexibility index (Phi) is 5.28. The van der Waals surface area contributed by atoms with Crippen molar-refractivity contribution >= 4 is 35.0 Å². The van der Waals surface area contributed by atoms with Crippen molar-refractivity contribution in [2.24, 2.45) is 0 Å². The summed E-state index contributed by atoms with van der Waals surface area (Å²) in [4.78, 5) is 30.7. The molecule has 0 N–H and O–H groups in total. The number of hydrogen-bond acceptors (Lipinski definition) is 5. The van der Waals surface area contributed by atoms with E-state index in [0.717, 1.165) is 39.8 Å². The molecule has 0 spiro atoms. The molecular weight excluding hydrogens is 336 g/mol. The summed E-state index contributed by atoms with van der Waals surface area (Å²) >= 11 is 1.54. The van der Waals surface area contributed by atoms with Crippen LogP contribution in [0.1, 0.15) is 34.0 Å². The molecule has 2 aromatic rings. The molecule has 0 radical (unpaired) electrons. The Hall–Kier alpha value is -2.47. The minimum Gasteiger partial charge on any atom is -0.457 e. The third-order valence-corrected chi connectivity index (χ3v) is 5.08. The summed E-state index contributed by atoms with van der Waals surface area (Å²) in [6.45, 7) is 4.87. The van der Waals surface area contributed by atoms with Crippen molar-refractivity contribution in [1.29, 1.82) is 0 Å². The number of carbonyl (C=O) groups is 2. The Balaban J connectivity index is 1.55. The van der Waals surface area contributed by atoms with Gasteiger partial charge in [-0.3, -0.25) is 4.79 Å². The zero-order valence-electron chi connectivity index (χ0n) is 14.3. The quantitative estimate of drug-likeness (QED) is 0.606. The van der Waals surface area contributed by atoms with Gasteiger partial charge in [0, 0.05) is 24.7 Å². The molecule has 1 fully saturated rings. The molecule has 0 saturated carbocycles. The number of carbonyl (C=O) groups excluding carboxylic acids is 2. The molecule has 1 aromatic carbocycles. The van der Waals surface area contributed by atoms with E-state index in [2.05, 4.69) is 4.98 Å². The Morgan fingerprint density at radius 3 is 2.68 bits per heavy atom. The molecule has 25 heavy (non-hydrogen) atoms. The van der Waals surface area contributed by atoms with Gasteiger partial charge in [0.2, 0.25) is 5.91 Å². The van der Waals surface area contributed by atoms with E-state index in [4.69, 9.17) is 4.74 Å². The average Bonchev–Trinajstić information content (AvgIpc) is 3.16. The number of rotatable bonds is 5. The first-order valence-electron chi connectivity index (χ1n) is 8.21. The highest BCUT2D eigenvalue weighted by atomic mass is 32.1. The fourth-order valence-electron chi connectivity index (χ4n) is 2.74. The summed E-state index contributed by atoms with van der Waals surface area (Å²) in [5, 5.41) is 0.968. The van der Waals surface area contributed by atoms with Crippen molar-refractivity contribution in [3.8, 4) is 0 Å². The lowest BCUT2D eigenvalue weighted by atomic mass is 10.2. The van der Waals surface area contributed by atoms with Crippen molar-refractivity contribution in [2.75, 3.05) is 11.4 Å². The summed E-state index contributed by atoms with van der Waals surface area (Å²) in [5.74, 6) is -0.218. The molecule has 0 aliphatic carbocycles. The van der Waals surface area contributed by atoms with Gasteiger partial charge in [-0.05, 0) is 44.0 Å². The van der Waals surface area contributed by atoms with Crippen molar-refractivity contribution in [3.63, 3.8) is 0 Å². The van der Waals surface area contributed by atoms with E-state index < -0.39 is 0 Å². The average molecular weight is 356 g/mol. The van der Waals surface area contributed by atoms with Crippen LogP contribution in [0, 0.1) is 13.8 Å². The first-order chi connectivity index (χ1) is 12.0. The lowest BCUT2D eigenvalue weighted by Crippen LogP contribution is -2.23. The number of esters is 1. The largest absolute Gasteiger partial charge is 0.457 e. The number of ether oxygens (including phenoxy) is 1. The number of benzene rings is 1. The van der Waals surface area contributed by atoms with Crippen LogP contribution in [0.25, 0.3) is 6.08 Å². The van der Waals surface area contributed by atoms with Gasteiger partial charge in [0.05, 0.1) is 15.6 Å². The smallest absolute Gasteiger partial charge is 0.331 e. The topological polar surface area (TPSA) is 59.5 Å². The van der Waals surface area contributed by atoms with E-state index >= 15 is 0 Å². The molecule has 0 atom stereocenters. The Morgan fingerprint density at radius 2 is 2.08 bits per heavy atom. The van der Waals surface area contributed by atoms with Gasteiger partial charge in [-0.15, -0.1) is 11.3 Å². The molecule has 0 bridgehead atoms. The summed E-state index contributed by atoms with van der Waals surface area (Å²) in [6.07, 6.45) is 4.65. The second-order valence-corrected chi connectivity index (χ2v) is 7.21. The van der Waals surface area contributed by atoms with Crippen molar-refractivity contribution < 1.29 is 14.3 Å². The highest BCUT2D eigenvalue weighted by Gasteiger charge is 2.21. The van der Waals surface area contributed by atoms with Crippen LogP contribution in [-0.4, -0.2) is 23.4 Å². The van der Waals surface area contributed by atoms with E-state index in [1.54, 1.807) is 11.0 Å². The van der Waals surface area contributed by atoms with Gasteiger partial charge in [0.25, 0.3) is 0 Å². The zero-order valence-corrected chi connectivity index (χ0v) is 15.1. The number of amides is 1. The highest BCUT2D eigenvalue weighted by Crippen LogP contribution is 2.22. The lowest BCUT2D eigenvalue weighted by molar-refractivity contribution is -0.138. The normalized spacial score (nSPS) is 14.5. The third kappa shape index (κ3) is 4.33. The Morgan fingerprint density at radius 1 is 1.32 bits per heavy atom. The zero-order chi connectivity index (χ0) is 17.8. The maximum Gasteiger partial charge on any atom is 0.331 e. The monoisotopic (exact) mass is 356 g/mol. The molecule has 6 heteroatoms. The van der Waals surface area contributed by atoms with Crippen molar-refractivity contribution in [1.82, 2.24) is 4.98 Å². The molecular formula is C19H20N2O3S. The van der Waals surface area contributed by atoms with Crippen LogP contribution in [0.4, 0.5) is 5.69 Å². The van der Waals surface area contributed by atoms with Crippen LogP contribution in [0.3, 0.4) is 0 Å². The van der Waals surface area contributed by atoms with Crippen LogP contribution < -0.4 is 4.90 Å². The van der Waals surface area contributed by atoms with E-state index in [0.29, 0.717) is 6.42 Å². The van der Waals surface area contributed by atoms with Gasteiger partial charge >= 0.3 is 5.97 Å². The third-order valence-electron chi connectivity index (χ3n) is 4.04. The van der Waals surface area contributed by atoms with Gasteiger partial charge in [-0.25, -0.2) is 9.78 Å². The predicted octanol–water partition coefficient (Wildman–Crippen LogP) is 3.64. The molecule has 1 saturated heterocycles. The lowest BCUT2D eigenvalue weighted by Gasteiger charge is -2.15. The Bertz CT molecular complexity index is 809. The highest BCUT2D eigenvalue weighted by molar-refractivity contribution is 7.11. The first kappa shape index (κ1) is 17.4. The van der Waals surface area contributed by atoms with Gasteiger partial charge in [0.15, 0.2) is 0 Å². The van der Waals surface area contributed by atoms with Crippen molar-refractivity contribution in [3.05, 3.63) is 51.5 Å². The number of hydrogen-bond donors (Lipinski definition) is 0. The molecule has 1 aliphatic rings. The van der Waals surface area contributed by atoms with Crippen LogP contribution in [0.15, 0.2) is 30.3 Å². The maximum absolute atomic E-state index is 11.8. The molecule has 3 rings (SSSR count). The predicted molar refractivity (Wildman–Crippen MR) is 98.4 cm³/mol. The Labute approximate surface area is 150 Å². The first-order valence-corrected chi connectivity index (χ1v) is 9.03. The van der Waals surface area contributed by atoms with Crippen LogP contribution >= 0.6 is 11.3 Å². The van der Waals surface area contributed by atoms with E-state index in [1.807, 2.05) is 38.1 Å². The SMILES string of the molecule is Cc1nc(C)c(COC(=O)C=Cc2ccc(N3CCCC3=O)cc2)s1. The van der Waals surface area contributed by atoms with Gasteiger partial charge in [-0.2, -0.15) is 0 Å². The van der Waals surface area contributed by atoms with Crippen LogP contribution in [0.2, 0.25) is 0 Å². The fraction of sp³-hybridized carbons (Fsp3) is 0.316. The van der Waals surface area contributed by atoms with Crippen LogP contribution in [0.5, 0.6) is 0 Å². The summed E-state index contributed by atoms with van der Waals surface area (Å²) < 4.78 is 5.25. The number of anilines is 1.